The highest BCUT2D eigenvalue weighted by molar-refractivity contribution is 5.96. The summed E-state index contributed by atoms with van der Waals surface area (Å²) < 4.78 is 10.6. The molecule has 0 fully saturated rings. The lowest BCUT2D eigenvalue weighted by molar-refractivity contribution is -0.384. The van der Waals surface area contributed by atoms with Crippen LogP contribution in [0.1, 0.15) is 19.4 Å². The van der Waals surface area contributed by atoms with Crippen molar-refractivity contribution in [1.29, 1.82) is 0 Å². The number of amides is 1. The lowest BCUT2D eigenvalue weighted by atomic mass is 10.1. The zero-order valence-electron chi connectivity index (χ0n) is 16.5. The van der Waals surface area contributed by atoms with Gasteiger partial charge >= 0.3 is 0 Å². The number of nitrogens with zero attached hydrogens (tertiary/aromatic N) is 2. The van der Waals surface area contributed by atoms with E-state index in [0.29, 0.717) is 18.8 Å². The summed E-state index contributed by atoms with van der Waals surface area (Å²) in [5.74, 6) is 0.814. The van der Waals surface area contributed by atoms with Crippen LogP contribution in [0.15, 0.2) is 42.5 Å². The molecule has 8 nitrogen and oxygen atoms in total. The van der Waals surface area contributed by atoms with Crippen LogP contribution in [0.2, 0.25) is 0 Å². The van der Waals surface area contributed by atoms with Crippen LogP contribution >= 0.6 is 0 Å². The van der Waals surface area contributed by atoms with Gasteiger partial charge in [-0.3, -0.25) is 19.8 Å². The van der Waals surface area contributed by atoms with Gasteiger partial charge in [0.05, 0.1) is 36.4 Å². The van der Waals surface area contributed by atoms with Crippen LogP contribution in [0, 0.1) is 10.1 Å². The SMILES string of the molecule is CCOc1ccc(CN(C)[C@@H](C)C(=O)Nc2ccc([N+](=O)[O-])cc2OC)cc1. The highest BCUT2D eigenvalue weighted by Crippen LogP contribution is 2.29. The molecule has 1 amide bonds. The summed E-state index contributed by atoms with van der Waals surface area (Å²) in [5.41, 5.74) is 1.34. The lowest BCUT2D eigenvalue weighted by Gasteiger charge is -2.24. The van der Waals surface area contributed by atoms with Crippen molar-refractivity contribution in [2.75, 3.05) is 26.1 Å². The molecule has 2 aromatic rings. The average molecular weight is 387 g/mol. The standard InChI is InChI=1S/C20H25N3O5/c1-5-28-17-9-6-15(7-10-17)13-22(3)14(2)20(24)21-18-11-8-16(23(25)26)12-19(18)27-4/h6-12,14H,5,13H2,1-4H3,(H,21,24)/t14-/m0/s1. The maximum atomic E-state index is 12.6. The predicted molar refractivity (Wildman–Crippen MR) is 107 cm³/mol. The Hall–Kier alpha value is -3.13. The Bertz CT molecular complexity index is 823. The second-order valence-corrected chi connectivity index (χ2v) is 6.30. The van der Waals surface area contributed by atoms with E-state index in [1.54, 1.807) is 6.92 Å². The zero-order valence-corrected chi connectivity index (χ0v) is 16.5. The van der Waals surface area contributed by atoms with Gasteiger partial charge in [-0.05, 0) is 44.7 Å². The number of benzene rings is 2. The number of methoxy groups -OCH3 is 1. The largest absolute Gasteiger partial charge is 0.494 e. The van der Waals surface area contributed by atoms with Crippen molar-refractivity contribution in [2.45, 2.75) is 26.4 Å². The molecule has 1 N–H and O–H groups in total. The van der Waals surface area contributed by atoms with Gasteiger partial charge < -0.3 is 14.8 Å². The van der Waals surface area contributed by atoms with E-state index in [2.05, 4.69) is 5.32 Å². The van der Waals surface area contributed by atoms with Crippen molar-refractivity contribution in [3.8, 4) is 11.5 Å². The minimum absolute atomic E-state index is 0.101. The van der Waals surface area contributed by atoms with Gasteiger partial charge in [0.1, 0.15) is 11.5 Å². The summed E-state index contributed by atoms with van der Waals surface area (Å²) in [7, 11) is 3.25. The number of carbonyl (C=O) groups excluding carboxylic acids is 1. The van der Waals surface area contributed by atoms with E-state index >= 15 is 0 Å². The van der Waals surface area contributed by atoms with Crippen LogP contribution < -0.4 is 14.8 Å². The minimum Gasteiger partial charge on any atom is -0.494 e. The lowest BCUT2D eigenvalue weighted by Crippen LogP contribution is -2.39. The molecule has 8 heteroatoms. The van der Waals surface area contributed by atoms with E-state index in [4.69, 9.17) is 9.47 Å². The molecule has 0 saturated heterocycles. The number of carbonyl (C=O) groups is 1. The van der Waals surface area contributed by atoms with E-state index in [0.717, 1.165) is 11.3 Å². The Morgan fingerprint density at radius 2 is 1.93 bits per heavy atom. The minimum atomic E-state index is -0.513. The smallest absolute Gasteiger partial charge is 0.273 e. The molecule has 0 aliphatic heterocycles. The Labute approximate surface area is 164 Å². The van der Waals surface area contributed by atoms with Gasteiger partial charge in [-0.1, -0.05) is 12.1 Å². The van der Waals surface area contributed by atoms with Gasteiger partial charge in [0.2, 0.25) is 5.91 Å². The highest BCUT2D eigenvalue weighted by atomic mass is 16.6. The van der Waals surface area contributed by atoms with Gasteiger partial charge in [0, 0.05) is 12.6 Å². The summed E-state index contributed by atoms with van der Waals surface area (Å²) in [6.45, 7) is 4.92. The molecule has 2 aromatic carbocycles. The summed E-state index contributed by atoms with van der Waals surface area (Å²) in [6, 6.07) is 11.4. The van der Waals surface area contributed by atoms with Crippen LogP contribution in [-0.4, -0.2) is 42.5 Å². The van der Waals surface area contributed by atoms with E-state index in [9.17, 15) is 14.9 Å². The van der Waals surface area contributed by atoms with E-state index < -0.39 is 11.0 Å². The molecule has 0 unspecified atom stereocenters. The fourth-order valence-corrected chi connectivity index (χ4v) is 2.62. The summed E-state index contributed by atoms with van der Waals surface area (Å²) >= 11 is 0. The van der Waals surface area contributed by atoms with E-state index in [1.165, 1.54) is 25.3 Å². The molecule has 28 heavy (non-hydrogen) atoms. The topological polar surface area (TPSA) is 93.9 Å². The summed E-state index contributed by atoms with van der Waals surface area (Å²) in [6.07, 6.45) is 0. The number of hydrogen-bond acceptors (Lipinski definition) is 6. The third kappa shape index (κ3) is 5.43. The van der Waals surface area contributed by atoms with Gasteiger partial charge in [0.25, 0.3) is 5.69 Å². The number of ether oxygens (including phenoxy) is 2. The van der Waals surface area contributed by atoms with Crippen LogP contribution in [0.4, 0.5) is 11.4 Å². The molecule has 150 valence electrons. The molecule has 0 aliphatic rings. The summed E-state index contributed by atoms with van der Waals surface area (Å²) in [5, 5.41) is 13.7. The number of rotatable bonds is 9. The molecule has 0 aromatic heterocycles. The van der Waals surface area contributed by atoms with Crippen LogP contribution in [0.25, 0.3) is 0 Å². The molecule has 0 heterocycles. The second-order valence-electron chi connectivity index (χ2n) is 6.30. The quantitative estimate of drug-likeness (QED) is 0.523. The first kappa shape index (κ1) is 21.2. The number of nitro benzene ring substituents is 1. The molecule has 0 radical (unpaired) electrons. The number of likely N-dealkylation sites (N-methyl/N-ethyl adjacent to an activating group) is 1. The first-order valence-corrected chi connectivity index (χ1v) is 8.91. The molecule has 0 bridgehead atoms. The molecule has 0 aliphatic carbocycles. The van der Waals surface area contributed by atoms with Crippen molar-refractivity contribution < 1.29 is 19.2 Å². The van der Waals surface area contributed by atoms with Crippen molar-refractivity contribution in [1.82, 2.24) is 4.90 Å². The first-order chi connectivity index (χ1) is 13.3. The van der Waals surface area contributed by atoms with Crippen molar-refractivity contribution in [2.24, 2.45) is 0 Å². The van der Waals surface area contributed by atoms with Gasteiger partial charge in [-0.15, -0.1) is 0 Å². The number of hydrogen-bond donors (Lipinski definition) is 1. The number of non-ortho nitro benzene ring substituents is 1. The van der Waals surface area contributed by atoms with Crippen molar-refractivity contribution in [3.63, 3.8) is 0 Å². The fourth-order valence-electron chi connectivity index (χ4n) is 2.62. The number of anilines is 1. The van der Waals surface area contributed by atoms with Crippen LogP contribution in [0.5, 0.6) is 11.5 Å². The Balaban J connectivity index is 2.02. The molecule has 1 atom stereocenters. The molecule has 2 rings (SSSR count). The predicted octanol–water partition coefficient (Wildman–Crippen LogP) is 3.46. The maximum Gasteiger partial charge on any atom is 0.273 e. The molecular weight excluding hydrogens is 362 g/mol. The van der Waals surface area contributed by atoms with Gasteiger partial charge in [-0.25, -0.2) is 0 Å². The highest BCUT2D eigenvalue weighted by Gasteiger charge is 2.20. The first-order valence-electron chi connectivity index (χ1n) is 8.91. The Morgan fingerprint density at radius 1 is 1.25 bits per heavy atom. The fraction of sp³-hybridized carbons (Fsp3) is 0.350. The average Bonchev–Trinajstić information content (AvgIpc) is 2.69. The van der Waals surface area contributed by atoms with Crippen LogP contribution in [-0.2, 0) is 11.3 Å². The molecular formula is C20H25N3O5. The number of nitro groups is 1. The monoisotopic (exact) mass is 387 g/mol. The third-order valence-electron chi connectivity index (χ3n) is 4.36. The second kappa shape index (κ2) is 9.70. The van der Waals surface area contributed by atoms with Crippen molar-refractivity contribution >= 4 is 17.3 Å². The Morgan fingerprint density at radius 3 is 2.50 bits per heavy atom. The normalized spacial score (nSPS) is 11.8. The Kier molecular flexibility index (Phi) is 7.34. The van der Waals surface area contributed by atoms with E-state index in [-0.39, 0.29) is 17.3 Å². The zero-order chi connectivity index (χ0) is 20.7. The van der Waals surface area contributed by atoms with E-state index in [1.807, 2.05) is 43.1 Å². The third-order valence-corrected chi connectivity index (χ3v) is 4.36. The van der Waals surface area contributed by atoms with Gasteiger partial charge in [0.15, 0.2) is 0 Å². The van der Waals surface area contributed by atoms with Crippen LogP contribution in [0.3, 0.4) is 0 Å². The number of nitrogens with one attached hydrogen (secondary N) is 1. The van der Waals surface area contributed by atoms with Crippen molar-refractivity contribution in [3.05, 3.63) is 58.1 Å². The summed E-state index contributed by atoms with van der Waals surface area (Å²) in [4.78, 5) is 24.9. The molecule has 0 spiro atoms. The maximum absolute atomic E-state index is 12.6. The van der Waals surface area contributed by atoms with Gasteiger partial charge in [-0.2, -0.15) is 0 Å². The molecule has 0 saturated carbocycles.